The summed E-state index contributed by atoms with van der Waals surface area (Å²) in [6.45, 7) is 4.59. The van der Waals surface area contributed by atoms with Gasteiger partial charge in [-0.2, -0.15) is 0 Å². The van der Waals surface area contributed by atoms with Crippen LogP contribution in [0.1, 0.15) is 17.3 Å². The van der Waals surface area contributed by atoms with Crippen molar-refractivity contribution in [2.75, 3.05) is 49.0 Å². The smallest absolute Gasteiger partial charge is 0.264 e. The molecule has 0 aliphatic carbocycles. The number of sulfonamides is 1. The number of carbonyl (C=O) groups excluding carboxylic acids is 1. The van der Waals surface area contributed by atoms with E-state index in [1.807, 2.05) is 36.4 Å². The highest BCUT2D eigenvalue weighted by molar-refractivity contribution is 7.92. The van der Waals surface area contributed by atoms with Gasteiger partial charge in [-0.25, -0.2) is 13.4 Å². The summed E-state index contributed by atoms with van der Waals surface area (Å²) < 4.78 is 34.2. The molecule has 1 aliphatic rings. The zero-order valence-electron chi connectivity index (χ0n) is 20.7. The zero-order chi connectivity index (χ0) is 26.0. The Morgan fingerprint density at radius 2 is 1.70 bits per heavy atom. The third-order valence-electron chi connectivity index (χ3n) is 6.44. The molecule has 3 aromatic carbocycles. The van der Waals surface area contributed by atoms with Crippen molar-refractivity contribution >= 4 is 48.3 Å². The Morgan fingerprint density at radius 3 is 2.35 bits per heavy atom. The molecule has 0 bridgehead atoms. The minimum absolute atomic E-state index is 0.104. The number of fused-ring (bicyclic) bond motifs is 1. The minimum atomic E-state index is -3.74. The molecule has 1 amide bonds. The van der Waals surface area contributed by atoms with E-state index in [1.54, 1.807) is 54.5 Å². The number of aromatic nitrogens is 1. The lowest BCUT2D eigenvalue weighted by Gasteiger charge is -2.34. The van der Waals surface area contributed by atoms with Gasteiger partial charge in [0, 0.05) is 38.3 Å². The maximum absolute atomic E-state index is 13.2. The van der Waals surface area contributed by atoms with Gasteiger partial charge >= 0.3 is 0 Å². The van der Waals surface area contributed by atoms with E-state index in [9.17, 15) is 13.2 Å². The number of hydrogen-bond donors (Lipinski definition) is 0. The molecule has 1 aliphatic heterocycles. The van der Waals surface area contributed by atoms with E-state index in [-0.39, 0.29) is 10.8 Å². The van der Waals surface area contributed by atoms with Gasteiger partial charge in [-0.3, -0.25) is 9.10 Å². The Labute approximate surface area is 220 Å². The van der Waals surface area contributed by atoms with Gasteiger partial charge in [0.05, 0.1) is 27.9 Å². The van der Waals surface area contributed by atoms with E-state index < -0.39 is 10.0 Å². The molecule has 4 aromatic rings. The van der Waals surface area contributed by atoms with Crippen LogP contribution in [-0.4, -0.2) is 64.0 Å². The second-order valence-corrected chi connectivity index (χ2v) is 11.5. The topological polar surface area (TPSA) is 83.1 Å². The number of nitrogens with zero attached hydrogens (tertiary/aromatic N) is 4. The Bertz CT molecular complexity index is 1500. The molecule has 37 heavy (non-hydrogen) atoms. The van der Waals surface area contributed by atoms with Crippen molar-refractivity contribution in [2.24, 2.45) is 0 Å². The van der Waals surface area contributed by atoms with Crippen molar-refractivity contribution in [1.29, 1.82) is 0 Å². The van der Waals surface area contributed by atoms with Crippen LogP contribution in [0.25, 0.3) is 10.2 Å². The molecular formula is C27H28N4O4S2. The summed E-state index contributed by atoms with van der Waals surface area (Å²) >= 11 is 1.62. The Morgan fingerprint density at radius 1 is 1.00 bits per heavy atom. The summed E-state index contributed by atoms with van der Waals surface area (Å²) in [4.78, 5) is 22.0. The van der Waals surface area contributed by atoms with Gasteiger partial charge < -0.3 is 14.5 Å². The van der Waals surface area contributed by atoms with E-state index in [0.717, 1.165) is 21.1 Å². The summed E-state index contributed by atoms with van der Waals surface area (Å²) in [5.74, 6) is 0.701. The number of carbonyl (C=O) groups is 1. The molecule has 192 valence electrons. The number of piperazine rings is 1. The highest BCUT2D eigenvalue weighted by Gasteiger charge is 2.26. The van der Waals surface area contributed by atoms with Crippen LogP contribution < -0.4 is 13.9 Å². The summed E-state index contributed by atoms with van der Waals surface area (Å²) in [6, 6.07) is 21.1. The third kappa shape index (κ3) is 4.99. The minimum Gasteiger partial charge on any atom is -0.497 e. The number of amides is 1. The van der Waals surface area contributed by atoms with Gasteiger partial charge in [0.1, 0.15) is 5.75 Å². The monoisotopic (exact) mass is 536 g/mol. The zero-order valence-corrected chi connectivity index (χ0v) is 22.3. The maximum Gasteiger partial charge on any atom is 0.264 e. The summed E-state index contributed by atoms with van der Waals surface area (Å²) in [6.07, 6.45) is 0. The Hall–Kier alpha value is -3.63. The number of rotatable bonds is 7. The molecule has 10 heteroatoms. The van der Waals surface area contributed by atoms with Crippen LogP contribution >= 0.6 is 11.3 Å². The number of hydrogen-bond acceptors (Lipinski definition) is 7. The first-order chi connectivity index (χ1) is 17.9. The lowest BCUT2D eigenvalue weighted by atomic mass is 10.2. The first kappa shape index (κ1) is 25.0. The Kier molecular flexibility index (Phi) is 7.03. The van der Waals surface area contributed by atoms with Gasteiger partial charge in [-0.05, 0) is 61.5 Å². The molecule has 1 fully saturated rings. The van der Waals surface area contributed by atoms with Crippen LogP contribution in [0.15, 0.2) is 77.7 Å². The molecule has 0 N–H and O–H groups in total. The van der Waals surface area contributed by atoms with Gasteiger partial charge in [-0.1, -0.05) is 29.5 Å². The molecule has 0 spiro atoms. The SMILES string of the molecule is CCN(c1ccccc1)S(=O)(=O)c1ccc(C(=O)N2CCN(c3nc4ccc(OC)cc4s3)CC2)cc1. The molecule has 2 heterocycles. The number of anilines is 2. The highest BCUT2D eigenvalue weighted by Crippen LogP contribution is 2.32. The van der Waals surface area contributed by atoms with Crippen LogP contribution in [0.5, 0.6) is 5.75 Å². The van der Waals surface area contributed by atoms with E-state index >= 15 is 0 Å². The predicted octanol–water partition coefficient (Wildman–Crippen LogP) is 4.48. The van der Waals surface area contributed by atoms with Crippen molar-refractivity contribution in [3.63, 3.8) is 0 Å². The molecule has 0 saturated carbocycles. The highest BCUT2D eigenvalue weighted by atomic mass is 32.2. The number of thiazole rings is 1. The number of benzene rings is 3. The third-order valence-corrected chi connectivity index (χ3v) is 9.44. The molecule has 1 aromatic heterocycles. The van der Waals surface area contributed by atoms with Crippen LogP contribution in [0.3, 0.4) is 0 Å². The van der Waals surface area contributed by atoms with Gasteiger partial charge in [0.25, 0.3) is 15.9 Å². The quantitative estimate of drug-likeness (QED) is 0.346. The second kappa shape index (κ2) is 10.4. The van der Waals surface area contributed by atoms with Crippen LogP contribution in [0.2, 0.25) is 0 Å². The van der Waals surface area contributed by atoms with Crippen molar-refractivity contribution in [3.8, 4) is 5.75 Å². The number of methoxy groups -OCH3 is 1. The molecule has 0 radical (unpaired) electrons. The summed E-state index contributed by atoms with van der Waals surface area (Å²) in [5, 5.41) is 0.934. The predicted molar refractivity (Wildman–Crippen MR) is 147 cm³/mol. The lowest BCUT2D eigenvalue weighted by molar-refractivity contribution is 0.0746. The second-order valence-electron chi connectivity index (χ2n) is 8.64. The summed E-state index contributed by atoms with van der Waals surface area (Å²) in [5.41, 5.74) is 2.01. The molecule has 1 saturated heterocycles. The molecule has 5 rings (SSSR count). The average Bonchev–Trinajstić information content (AvgIpc) is 3.37. The maximum atomic E-state index is 13.2. The van der Waals surface area contributed by atoms with E-state index in [1.165, 1.54) is 16.4 Å². The van der Waals surface area contributed by atoms with E-state index in [4.69, 9.17) is 9.72 Å². The fourth-order valence-corrected chi connectivity index (χ4v) is 6.94. The van der Waals surface area contributed by atoms with Crippen molar-refractivity contribution < 1.29 is 17.9 Å². The van der Waals surface area contributed by atoms with Crippen LogP contribution in [0, 0.1) is 0 Å². The van der Waals surface area contributed by atoms with E-state index in [0.29, 0.717) is 44.0 Å². The molecule has 0 atom stereocenters. The summed E-state index contributed by atoms with van der Waals surface area (Å²) in [7, 11) is -2.09. The standard InChI is InChI=1S/C27H28N4O4S2/c1-3-31(21-7-5-4-6-8-21)37(33,34)23-12-9-20(10-13-23)26(32)29-15-17-30(18-16-29)27-28-24-14-11-22(35-2)19-25(24)36-27/h4-14,19H,3,15-18H2,1-2H3. The van der Waals surface area contributed by atoms with Crippen LogP contribution in [-0.2, 0) is 10.0 Å². The molecule has 8 nitrogen and oxygen atoms in total. The normalized spacial score (nSPS) is 14.1. The molecular weight excluding hydrogens is 508 g/mol. The van der Waals surface area contributed by atoms with Gasteiger partial charge in [0.15, 0.2) is 5.13 Å². The van der Waals surface area contributed by atoms with Crippen molar-refractivity contribution in [1.82, 2.24) is 9.88 Å². The number of ether oxygens (including phenoxy) is 1. The first-order valence-corrected chi connectivity index (χ1v) is 14.3. The molecule has 0 unspecified atom stereocenters. The van der Waals surface area contributed by atoms with Gasteiger partial charge in [0.2, 0.25) is 0 Å². The number of para-hydroxylation sites is 1. The van der Waals surface area contributed by atoms with Crippen molar-refractivity contribution in [3.05, 3.63) is 78.4 Å². The fourth-order valence-electron chi connectivity index (χ4n) is 4.42. The fraction of sp³-hybridized carbons (Fsp3) is 0.259. The van der Waals surface area contributed by atoms with Crippen LogP contribution in [0.4, 0.5) is 10.8 Å². The first-order valence-electron chi connectivity index (χ1n) is 12.1. The van der Waals surface area contributed by atoms with Crippen molar-refractivity contribution in [2.45, 2.75) is 11.8 Å². The average molecular weight is 537 g/mol. The van der Waals surface area contributed by atoms with E-state index in [2.05, 4.69) is 4.90 Å². The largest absolute Gasteiger partial charge is 0.497 e. The van der Waals surface area contributed by atoms with Gasteiger partial charge in [-0.15, -0.1) is 0 Å². The lowest BCUT2D eigenvalue weighted by Crippen LogP contribution is -2.48. The Balaban J connectivity index is 1.25.